The van der Waals surface area contributed by atoms with E-state index in [1.807, 2.05) is 98.8 Å². The monoisotopic (exact) mass is 810 g/mol. The summed E-state index contributed by atoms with van der Waals surface area (Å²) in [5, 5.41) is 9.50. The van der Waals surface area contributed by atoms with Crippen molar-refractivity contribution in [3.05, 3.63) is 202 Å². The van der Waals surface area contributed by atoms with Gasteiger partial charge >= 0.3 is 0 Å². The van der Waals surface area contributed by atoms with Gasteiger partial charge in [-0.1, -0.05) is 96.1 Å². The Kier molecular flexibility index (Phi) is 8.92. The molecule has 0 radical (unpaired) electrons. The Morgan fingerprint density at radius 2 is 0.774 bits per heavy atom. The number of nitrogens with zero attached hydrogens (tertiary/aromatic N) is 2. The van der Waals surface area contributed by atoms with Gasteiger partial charge in [0, 0.05) is 33.6 Å². The van der Waals surface area contributed by atoms with Crippen LogP contribution in [0.1, 0.15) is 73.3 Å². The topological polar surface area (TPSA) is 133 Å². The molecule has 62 heavy (non-hydrogen) atoms. The number of carbonyl (C=O) groups is 6. The van der Waals surface area contributed by atoms with Gasteiger partial charge < -0.3 is 10.6 Å². The van der Waals surface area contributed by atoms with Gasteiger partial charge in [0.15, 0.2) is 0 Å². The van der Waals surface area contributed by atoms with Crippen LogP contribution in [0.3, 0.4) is 0 Å². The lowest BCUT2D eigenvalue weighted by molar-refractivity contribution is 0.0910. The summed E-state index contributed by atoms with van der Waals surface area (Å²) in [5.41, 5.74) is 5.98. The minimum absolute atomic E-state index is 0.126. The van der Waals surface area contributed by atoms with Crippen LogP contribution >= 0.6 is 0 Å². The third kappa shape index (κ3) is 6.20. The number of hydrogen-bond donors (Lipinski definition) is 2. The number of fused-ring (bicyclic) bond motifs is 4. The van der Waals surface area contributed by atoms with E-state index in [2.05, 4.69) is 10.6 Å². The van der Waals surface area contributed by atoms with Crippen molar-refractivity contribution in [2.24, 2.45) is 0 Å². The van der Waals surface area contributed by atoms with Crippen molar-refractivity contribution in [2.45, 2.75) is 13.8 Å². The molecule has 0 atom stereocenters. The summed E-state index contributed by atoms with van der Waals surface area (Å²) in [6.07, 6.45) is 0. The van der Waals surface area contributed by atoms with Crippen molar-refractivity contribution < 1.29 is 28.8 Å². The van der Waals surface area contributed by atoms with Crippen molar-refractivity contribution in [3.63, 3.8) is 0 Å². The lowest BCUT2D eigenvalue weighted by Gasteiger charge is -2.20. The average molecular weight is 811 g/mol. The van der Waals surface area contributed by atoms with Gasteiger partial charge in [0.1, 0.15) is 0 Å². The van der Waals surface area contributed by atoms with Crippen LogP contribution < -0.4 is 20.4 Å². The van der Waals surface area contributed by atoms with Crippen molar-refractivity contribution in [1.29, 1.82) is 0 Å². The van der Waals surface area contributed by atoms with E-state index >= 15 is 0 Å². The number of amides is 6. The molecule has 0 aromatic heterocycles. The molecule has 6 amide bonds. The van der Waals surface area contributed by atoms with E-state index in [0.29, 0.717) is 33.9 Å². The highest BCUT2D eigenvalue weighted by atomic mass is 16.2. The molecule has 0 bridgehead atoms. The van der Waals surface area contributed by atoms with Gasteiger partial charge in [0.05, 0.1) is 33.6 Å². The van der Waals surface area contributed by atoms with Gasteiger partial charge in [-0.3, -0.25) is 28.8 Å². The zero-order chi connectivity index (χ0) is 42.8. The van der Waals surface area contributed by atoms with E-state index in [-0.39, 0.29) is 33.4 Å². The van der Waals surface area contributed by atoms with Crippen molar-refractivity contribution >= 4 is 79.7 Å². The molecule has 0 saturated carbocycles. The van der Waals surface area contributed by atoms with Crippen LogP contribution in [0.4, 0.5) is 22.7 Å². The maximum absolute atomic E-state index is 14.2. The molecule has 0 spiro atoms. The fourth-order valence-corrected chi connectivity index (χ4v) is 8.30. The zero-order valence-corrected chi connectivity index (χ0v) is 33.4. The summed E-state index contributed by atoms with van der Waals surface area (Å²) in [5.74, 6) is -3.00. The van der Waals surface area contributed by atoms with Crippen LogP contribution in [0.15, 0.2) is 158 Å². The summed E-state index contributed by atoms with van der Waals surface area (Å²) in [6.45, 7) is 3.83. The number of benzene rings is 8. The Morgan fingerprint density at radius 1 is 0.403 bits per heavy atom. The summed E-state index contributed by atoms with van der Waals surface area (Å²) < 4.78 is 0. The third-order valence-electron chi connectivity index (χ3n) is 11.5. The fraction of sp³-hybridized carbons (Fsp3) is 0.0385. The molecule has 0 saturated heterocycles. The summed E-state index contributed by atoms with van der Waals surface area (Å²) in [4.78, 5) is 84.8. The van der Waals surface area contributed by atoms with Crippen molar-refractivity contribution in [2.75, 3.05) is 20.4 Å². The maximum atomic E-state index is 14.2. The van der Waals surface area contributed by atoms with E-state index in [4.69, 9.17) is 0 Å². The molecule has 0 fully saturated rings. The average Bonchev–Trinajstić information content (AvgIpc) is 3.69. The Hall–Kier alpha value is -8.50. The predicted molar refractivity (Wildman–Crippen MR) is 240 cm³/mol. The summed E-state index contributed by atoms with van der Waals surface area (Å²) >= 11 is 0. The molecule has 298 valence electrons. The van der Waals surface area contributed by atoms with E-state index in [9.17, 15) is 28.8 Å². The second-order valence-corrected chi connectivity index (χ2v) is 15.4. The molecule has 10 heteroatoms. The molecule has 2 aliphatic rings. The Morgan fingerprint density at radius 3 is 1.18 bits per heavy atom. The number of nitrogens with one attached hydrogen (secondary N) is 2. The minimum Gasteiger partial charge on any atom is -0.321 e. The number of imide groups is 2. The standard InChI is InChI=1S/C52H34N4O6/c1-29-11-19-35(20-12-29)55-49(59)39-23-15-33(27-41(39)51(55)61)47(57)53-43-25-17-31-7-3-5-9-37(31)45(43)46-38-10-6-4-8-32(38)18-26-44(46)54-48(58)34-16-24-40-42(28-34)52(62)56(50(40)60)36-21-13-30(2)14-22-36/h3-28H,1-2H3,(H,53,57)(H,54,58). The fourth-order valence-electron chi connectivity index (χ4n) is 8.30. The quantitative estimate of drug-likeness (QED) is 0.154. The van der Waals surface area contributed by atoms with Gasteiger partial charge in [-0.25, -0.2) is 9.80 Å². The molecule has 8 aromatic carbocycles. The molecule has 2 N–H and O–H groups in total. The number of hydrogen-bond acceptors (Lipinski definition) is 6. The molecule has 10 nitrogen and oxygen atoms in total. The van der Waals surface area contributed by atoms with Gasteiger partial charge in [0.25, 0.3) is 35.4 Å². The van der Waals surface area contributed by atoms with Gasteiger partial charge in [0.2, 0.25) is 0 Å². The molecular weight excluding hydrogens is 777 g/mol. The highest BCUT2D eigenvalue weighted by Gasteiger charge is 2.38. The molecule has 0 aliphatic carbocycles. The van der Waals surface area contributed by atoms with Crippen LogP contribution in [0, 0.1) is 13.8 Å². The predicted octanol–water partition coefficient (Wildman–Crippen LogP) is 10.4. The van der Waals surface area contributed by atoms with Crippen LogP contribution in [-0.2, 0) is 0 Å². The summed E-state index contributed by atoms with van der Waals surface area (Å²) in [7, 11) is 0. The lowest BCUT2D eigenvalue weighted by Crippen LogP contribution is -2.29. The van der Waals surface area contributed by atoms with Gasteiger partial charge in [-0.15, -0.1) is 0 Å². The lowest BCUT2D eigenvalue weighted by atomic mass is 9.90. The summed E-state index contributed by atoms with van der Waals surface area (Å²) in [6, 6.07) is 45.9. The normalized spacial score (nSPS) is 13.2. The largest absolute Gasteiger partial charge is 0.321 e. The molecule has 8 aromatic rings. The number of anilines is 4. The first-order chi connectivity index (χ1) is 30.0. The highest BCUT2D eigenvalue weighted by Crippen LogP contribution is 2.44. The molecule has 2 aliphatic heterocycles. The van der Waals surface area contributed by atoms with Gasteiger partial charge in [-0.2, -0.15) is 0 Å². The van der Waals surface area contributed by atoms with E-state index in [0.717, 1.165) is 42.5 Å². The number of aryl methyl sites for hydroxylation is 2. The van der Waals surface area contributed by atoms with Crippen LogP contribution in [0.5, 0.6) is 0 Å². The molecule has 0 unspecified atom stereocenters. The van der Waals surface area contributed by atoms with Crippen LogP contribution in [0.2, 0.25) is 0 Å². The van der Waals surface area contributed by atoms with Gasteiger partial charge in [-0.05, 0) is 108 Å². The first-order valence-electron chi connectivity index (χ1n) is 19.9. The van der Waals surface area contributed by atoms with E-state index < -0.39 is 35.4 Å². The minimum atomic E-state index is -0.519. The number of carbonyl (C=O) groups excluding carboxylic acids is 6. The smallest absolute Gasteiger partial charge is 0.266 e. The van der Waals surface area contributed by atoms with Crippen molar-refractivity contribution in [3.8, 4) is 11.1 Å². The maximum Gasteiger partial charge on any atom is 0.266 e. The molecule has 10 rings (SSSR count). The molecule has 2 heterocycles. The number of rotatable bonds is 7. The first kappa shape index (κ1) is 37.7. The van der Waals surface area contributed by atoms with Crippen molar-refractivity contribution in [1.82, 2.24) is 0 Å². The Labute approximate surface area is 355 Å². The zero-order valence-electron chi connectivity index (χ0n) is 33.4. The Bertz CT molecular complexity index is 3060. The third-order valence-corrected chi connectivity index (χ3v) is 11.5. The van der Waals surface area contributed by atoms with E-state index in [1.165, 1.54) is 36.4 Å². The highest BCUT2D eigenvalue weighted by molar-refractivity contribution is 6.36. The van der Waals surface area contributed by atoms with E-state index in [1.54, 1.807) is 36.4 Å². The van der Waals surface area contributed by atoms with Crippen LogP contribution in [0.25, 0.3) is 32.7 Å². The Balaban J connectivity index is 1.02. The first-order valence-corrected chi connectivity index (χ1v) is 19.9. The second kappa shape index (κ2) is 14.6. The SMILES string of the molecule is Cc1ccc(N2C(=O)c3ccc(C(=O)Nc4ccc5ccccc5c4-c4c(NC(=O)c5ccc6c(c5)C(=O)N(c5ccc(C)cc5)C6=O)ccc5ccccc45)cc3C2=O)cc1. The molecular formula is C52H34N4O6. The second-order valence-electron chi connectivity index (χ2n) is 15.4. The van der Waals surface area contributed by atoms with Crippen LogP contribution in [-0.4, -0.2) is 35.4 Å².